The fraction of sp³-hybridized carbons (Fsp3) is 0.846. The second-order valence-electron chi connectivity index (χ2n) is 5.53. The number of rotatable bonds is 2. The Morgan fingerprint density at radius 2 is 2.06 bits per heavy atom. The number of nitrogens with zero attached hydrogens (tertiary/aromatic N) is 3. The molecule has 1 aromatic rings. The van der Waals surface area contributed by atoms with Crippen LogP contribution in [-0.2, 0) is 12.8 Å². The average Bonchev–Trinajstić information content (AvgIpc) is 2.72. The SMILES string of the molecule is CCC(C)n1nnc2c1CC[C@@H]1C(I)[C@@H]1CC2. The minimum atomic E-state index is 0.496. The van der Waals surface area contributed by atoms with E-state index < -0.39 is 0 Å². The number of aromatic nitrogens is 3. The zero-order valence-corrected chi connectivity index (χ0v) is 12.7. The van der Waals surface area contributed by atoms with Gasteiger partial charge in [0.05, 0.1) is 17.4 Å². The molecule has 0 aliphatic heterocycles. The highest BCUT2D eigenvalue weighted by Gasteiger charge is 2.48. The summed E-state index contributed by atoms with van der Waals surface area (Å²) in [5.74, 6) is 1.95. The fourth-order valence-electron chi connectivity index (χ4n) is 3.08. The Labute approximate surface area is 116 Å². The monoisotopic (exact) mass is 345 g/mol. The summed E-state index contributed by atoms with van der Waals surface area (Å²) in [5.41, 5.74) is 2.70. The van der Waals surface area contributed by atoms with Crippen molar-refractivity contribution < 1.29 is 0 Å². The van der Waals surface area contributed by atoms with Crippen LogP contribution < -0.4 is 0 Å². The summed E-state index contributed by atoms with van der Waals surface area (Å²) in [6.45, 7) is 4.47. The topological polar surface area (TPSA) is 30.7 Å². The normalized spacial score (nSPS) is 33.2. The molecule has 1 saturated carbocycles. The predicted molar refractivity (Wildman–Crippen MR) is 76.5 cm³/mol. The first kappa shape index (κ1) is 11.9. The molecule has 0 spiro atoms. The van der Waals surface area contributed by atoms with Gasteiger partial charge in [-0.3, -0.25) is 0 Å². The molecule has 3 rings (SSSR count). The van der Waals surface area contributed by atoms with E-state index in [1.165, 1.54) is 30.7 Å². The van der Waals surface area contributed by atoms with Crippen LogP contribution in [0.3, 0.4) is 0 Å². The Kier molecular flexibility index (Phi) is 3.17. The van der Waals surface area contributed by atoms with E-state index in [9.17, 15) is 0 Å². The summed E-state index contributed by atoms with van der Waals surface area (Å²) >= 11 is 2.64. The van der Waals surface area contributed by atoms with Crippen LogP contribution in [0.5, 0.6) is 0 Å². The van der Waals surface area contributed by atoms with Gasteiger partial charge in [0.2, 0.25) is 0 Å². The van der Waals surface area contributed by atoms with Crippen LogP contribution in [0.2, 0.25) is 0 Å². The summed E-state index contributed by atoms with van der Waals surface area (Å²) in [6.07, 6.45) is 6.14. The molecular formula is C13H20IN3. The third-order valence-electron chi connectivity index (χ3n) is 4.54. The van der Waals surface area contributed by atoms with Crippen molar-refractivity contribution in [3.63, 3.8) is 0 Å². The fourth-order valence-corrected chi connectivity index (χ4v) is 4.62. The van der Waals surface area contributed by atoms with Crippen molar-refractivity contribution >= 4 is 22.6 Å². The Morgan fingerprint density at radius 3 is 2.76 bits per heavy atom. The summed E-state index contributed by atoms with van der Waals surface area (Å²) in [4.78, 5) is 0. The van der Waals surface area contributed by atoms with Gasteiger partial charge in [0.25, 0.3) is 0 Å². The molecule has 1 aromatic heterocycles. The second-order valence-corrected chi connectivity index (χ2v) is 6.97. The number of aryl methyl sites for hydroxylation is 1. The van der Waals surface area contributed by atoms with E-state index in [1.54, 1.807) is 0 Å². The average molecular weight is 345 g/mol. The van der Waals surface area contributed by atoms with Gasteiger partial charge in [0.15, 0.2) is 0 Å². The van der Waals surface area contributed by atoms with Gasteiger partial charge in [0, 0.05) is 3.92 Å². The zero-order valence-electron chi connectivity index (χ0n) is 10.6. The Bertz CT molecular complexity index is 415. The van der Waals surface area contributed by atoms with E-state index in [1.807, 2.05) is 0 Å². The molecule has 94 valence electrons. The smallest absolute Gasteiger partial charge is 0.0859 e. The maximum absolute atomic E-state index is 4.42. The molecule has 2 aliphatic carbocycles. The van der Waals surface area contributed by atoms with Crippen molar-refractivity contribution in [3.05, 3.63) is 11.4 Å². The van der Waals surface area contributed by atoms with E-state index in [2.05, 4.69) is 51.4 Å². The van der Waals surface area contributed by atoms with Gasteiger partial charge in [-0.15, -0.1) is 5.10 Å². The second kappa shape index (κ2) is 4.52. The van der Waals surface area contributed by atoms with Crippen molar-refractivity contribution in [2.45, 2.75) is 55.9 Å². The lowest BCUT2D eigenvalue weighted by Crippen LogP contribution is -2.12. The van der Waals surface area contributed by atoms with E-state index >= 15 is 0 Å². The highest BCUT2D eigenvalue weighted by molar-refractivity contribution is 14.1. The molecule has 0 radical (unpaired) electrons. The van der Waals surface area contributed by atoms with Gasteiger partial charge in [0.1, 0.15) is 0 Å². The summed E-state index contributed by atoms with van der Waals surface area (Å²) in [7, 11) is 0. The van der Waals surface area contributed by atoms with Crippen LogP contribution in [0.15, 0.2) is 0 Å². The van der Waals surface area contributed by atoms with Crippen molar-refractivity contribution in [3.8, 4) is 0 Å². The lowest BCUT2D eigenvalue weighted by molar-refractivity contribution is 0.441. The first-order valence-corrected chi connectivity index (χ1v) is 8.04. The molecule has 2 aliphatic rings. The molecule has 0 N–H and O–H groups in total. The lowest BCUT2D eigenvalue weighted by atomic mass is 10.0. The van der Waals surface area contributed by atoms with Crippen LogP contribution >= 0.6 is 22.6 Å². The third kappa shape index (κ3) is 2.02. The molecule has 3 nitrogen and oxygen atoms in total. The molecule has 0 aromatic carbocycles. The van der Waals surface area contributed by atoms with Crippen LogP contribution in [-0.4, -0.2) is 18.9 Å². The Morgan fingerprint density at radius 1 is 1.35 bits per heavy atom. The standard InChI is InChI=1S/C13H20IN3/c1-3-8(2)17-12-7-5-10-9(13(10)14)4-6-11(12)15-16-17/h8-10,13H,3-7H2,1-2H3/t8?,9-,10+,13?/m1/s1. The van der Waals surface area contributed by atoms with E-state index in [4.69, 9.17) is 0 Å². The van der Waals surface area contributed by atoms with Crippen molar-refractivity contribution in [1.29, 1.82) is 0 Å². The summed E-state index contributed by atoms with van der Waals surface area (Å²) in [5, 5.41) is 8.79. The number of alkyl halides is 1. The van der Waals surface area contributed by atoms with E-state index in [0.717, 1.165) is 28.6 Å². The number of hydrogen-bond acceptors (Lipinski definition) is 2. The molecular weight excluding hydrogens is 325 g/mol. The van der Waals surface area contributed by atoms with Crippen LogP contribution in [0.25, 0.3) is 0 Å². The quantitative estimate of drug-likeness (QED) is 0.609. The van der Waals surface area contributed by atoms with Gasteiger partial charge in [-0.2, -0.15) is 0 Å². The van der Waals surface area contributed by atoms with Gasteiger partial charge >= 0.3 is 0 Å². The number of fused-ring (bicyclic) bond motifs is 2. The van der Waals surface area contributed by atoms with Gasteiger partial charge in [-0.1, -0.05) is 34.7 Å². The van der Waals surface area contributed by atoms with Crippen molar-refractivity contribution in [2.24, 2.45) is 11.8 Å². The Hall–Kier alpha value is -0.130. The maximum atomic E-state index is 4.42. The number of halogens is 1. The molecule has 4 heteroatoms. The highest BCUT2D eigenvalue weighted by Crippen LogP contribution is 2.52. The third-order valence-corrected chi connectivity index (χ3v) is 6.38. The largest absolute Gasteiger partial charge is 0.246 e. The Balaban J connectivity index is 1.84. The van der Waals surface area contributed by atoms with Gasteiger partial charge in [-0.25, -0.2) is 4.68 Å². The van der Waals surface area contributed by atoms with Crippen LogP contribution in [0.1, 0.15) is 50.5 Å². The minimum absolute atomic E-state index is 0.496. The molecule has 4 atom stereocenters. The molecule has 0 amide bonds. The predicted octanol–water partition coefficient (Wildman–Crippen LogP) is 3.18. The highest BCUT2D eigenvalue weighted by atomic mass is 127. The molecule has 2 unspecified atom stereocenters. The van der Waals surface area contributed by atoms with Gasteiger partial charge < -0.3 is 0 Å². The molecule has 17 heavy (non-hydrogen) atoms. The van der Waals surface area contributed by atoms with Crippen molar-refractivity contribution in [2.75, 3.05) is 0 Å². The molecule has 1 fully saturated rings. The van der Waals surface area contributed by atoms with Crippen LogP contribution in [0.4, 0.5) is 0 Å². The minimum Gasteiger partial charge on any atom is -0.246 e. The first-order valence-electron chi connectivity index (χ1n) is 6.79. The first-order chi connectivity index (χ1) is 8.22. The molecule has 1 heterocycles. The lowest BCUT2D eigenvalue weighted by Gasteiger charge is -2.14. The maximum Gasteiger partial charge on any atom is 0.0859 e. The number of hydrogen-bond donors (Lipinski definition) is 0. The van der Waals surface area contributed by atoms with E-state index in [0.29, 0.717) is 6.04 Å². The summed E-state index contributed by atoms with van der Waals surface area (Å²) in [6, 6.07) is 0.496. The van der Waals surface area contributed by atoms with E-state index in [-0.39, 0.29) is 0 Å². The summed E-state index contributed by atoms with van der Waals surface area (Å²) < 4.78 is 3.11. The molecule has 0 bridgehead atoms. The van der Waals surface area contributed by atoms with Gasteiger partial charge in [-0.05, 0) is 50.9 Å². The van der Waals surface area contributed by atoms with Crippen LogP contribution in [0, 0.1) is 11.8 Å². The molecule has 0 saturated heterocycles. The zero-order chi connectivity index (χ0) is 12.0. The van der Waals surface area contributed by atoms with Crippen molar-refractivity contribution in [1.82, 2.24) is 15.0 Å².